The molecule has 1 atom stereocenters. The highest BCUT2D eigenvalue weighted by atomic mass is 16.3. The monoisotopic (exact) mass is 360 g/mol. The number of ketones is 1. The third-order valence-corrected chi connectivity index (χ3v) is 4.49. The number of hydrogen-bond donors (Lipinski definition) is 1. The first-order valence-corrected chi connectivity index (χ1v) is 8.40. The molecule has 1 aliphatic rings. The smallest absolute Gasteiger partial charge is 0.295 e. The van der Waals surface area contributed by atoms with Gasteiger partial charge in [0.2, 0.25) is 5.78 Å². The standard InChI is InChI=1S/C21H16N2O4/c1-13-7-9-14(10-8-13)18-17(19(24)15-5-4-12-27-15)20(25)21(26)23(18)16-6-2-3-11-22-16/h2-12,18,25H,1H3. The molecular weight excluding hydrogens is 344 g/mol. The third-order valence-electron chi connectivity index (χ3n) is 4.49. The zero-order valence-electron chi connectivity index (χ0n) is 14.5. The molecule has 0 fully saturated rings. The van der Waals surface area contributed by atoms with E-state index in [2.05, 4.69) is 4.98 Å². The van der Waals surface area contributed by atoms with Gasteiger partial charge in [-0.2, -0.15) is 0 Å². The Morgan fingerprint density at radius 3 is 2.52 bits per heavy atom. The highest BCUT2D eigenvalue weighted by molar-refractivity contribution is 6.19. The number of anilines is 1. The Kier molecular flexibility index (Phi) is 4.08. The summed E-state index contributed by atoms with van der Waals surface area (Å²) in [6.07, 6.45) is 2.93. The quantitative estimate of drug-likeness (QED) is 0.716. The number of aryl methyl sites for hydroxylation is 1. The highest BCUT2D eigenvalue weighted by Gasteiger charge is 2.45. The summed E-state index contributed by atoms with van der Waals surface area (Å²) in [5.74, 6) is -1.39. The van der Waals surface area contributed by atoms with Crippen LogP contribution < -0.4 is 4.90 Å². The Labute approximate surface area is 155 Å². The molecule has 1 unspecified atom stereocenters. The van der Waals surface area contributed by atoms with E-state index in [1.807, 2.05) is 31.2 Å². The van der Waals surface area contributed by atoms with E-state index in [4.69, 9.17) is 4.42 Å². The minimum Gasteiger partial charge on any atom is -0.503 e. The number of aliphatic hydroxyl groups is 1. The molecule has 6 heteroatoms. The fourth-order valence-electron chi connectivity index (χ4n) is 3.17. The number of pyridine rings is 1. The van der Waals surface area contributed by atoms with E-state index in [1.165, 1.54) is 17.2 Å². The van der Waals surface area contributed by atoms with E-state index in [1.54, 1.807) is 30.5 Å². The van der Waals surface area contributed by atoms with Gasteiger partial charge in [0.05, 0.1) is 17.9 Å². The Morgan fingerprint density at radius 1 is 1.11 bits per heavy atom. The van der Waals surface area contributed by atoms with Crippen LogP contribution in [0, 0.1) is 6.92 Å². The molecule has 4 rings (SSSR count). The van der Waals surface area contributed by atoms with Crippen LogP contribution in [0.15, 0.2) is 82.8 Å². The van der Waals surface area contributed by atoms with Crippen molar-refractivity contribution in [3.05, 3.63) is 95.3 Å². The van der Waals surface area contributed by atoms with E-state index >= 15 is 0 Å². The second-order valence-electron chi connectivity index (χ2n) is 6.25. The Balaban J connectivity index is 1.88. The Hall–Kier alpha value is -3.67. The van der Waals surface area contributed by atoms with Crippen LogP contribution in [0.4, 0.5) is 5.82 Å². The lowest BCUT2D eigenvalue weighted by atomic mass is 9.94. The largest absolute Gasteiger partial charge is 0.503 e. The first-order chi connectivity index (χ1) is 13.1. The molecule has 0 saturated heterocycles. The average Bonchev–Trinajstić information content (AvgIpc) is 3.31. The van der Waals surface area contributed by atoms with Crippen molar-refractivity contribution in [1.29, 1.82) is 0 Å². The van der Waals surface area contributed by atoms with Crippen molar-refractivity contribution in [2.75, 3.05) is 4.90 Å². The highest BCUT2D eigenvalue weighted by Crippen LogP contribution is 2.41. The molecule has 3 aromatic rings. The second-order valence-corrected chi connectivity index (χ2v) is 6.25. The summed E-state index contributed by atoms with van der Waals surface area (Å²) < 4.78 is 5.20. The molecule has 1 amide bonds. The number of amides is 1. The van der Waals surface area contributed by atoms with Crippen molar-refractivity contribution in [1.82, 2.24) is 4.98 Å². The maximum atomic E-state index is 13.0. The molecule has 0 spiro atoms. The molecule has 0 radical (unpaired) electrons. The van der Waals surface area contributed by atoms with Crippen LogP contribution in [0.25, 0.3) is 0 Å². The van der Waals surface area contributed by atoms with Gasteiger partial charge in [-0.15, -0.1) is 0 Å². The van der Waals surface area contributed by atoms with Gasteiger partial charge in [0.15, 0.2) is 11.5 Å². The van der Waals surface area contributed by atoms with E-state index < -0.39 is 23.5 Å². The van der Waals surface area contributed by atoms with Gasteiger partial charge in [-0.3, -0.25) is 14.5 Å². The second kappa shape index (κ2) is 6.57. The van der Waals surface area contributed by atoms with Gasteiger partial charge in [0.25, 0.3) is 5.91 Å². The zero-order valence-corrected chi connectivity index (χ0v) is 14.5. The fraction of sp³-hybridized carbons (Fsp3) is 0.0952. The molecule has 0 bridgehead atoms. The van der Waals surface area contributed by atoms with Crippen molar-refractivity contribution < 1.29 is 19.1 Å². The van der Waals surface area contributed by atoms with Gasteiger partial charge in [0.1, 0.15) is 5.82 Å². The normalized spacial score (nSPS) is 16.9. The lowest BCUT2D eigenvalue weighted by molar-refractivity contribution is -0.117. The third kappa shape index (κ3) is 2.81. The lowest BCUT2D eigenvalue weighted by Crippen LogP contribution is -2.31. The number of aliphatic hydroxyl groups excluding tert-OH is 1. The maximum absolute atomic E-state index is 13.0. The van der Waals surface area contributed by atoms with Crippen LogP contribution in [0.2, 0.25) is 0 Å². The number of hydrogen-bond acceptors (Lipinski definition) is 5. The molecule has 0 aliphatic carbocycles. The van der Waals surface area contributed by atoms with Crippen LogP contribution in [-0.4, -0.2) is 21.8 Å². The van der Waals surface area contributed by atoms with E-state index in [9.17, 15) is 14.7 Å². The molecule has 3 heterocycles. The van der Waals surface area contributed by atoms with Crippen LogP contribution in [0.1, 0.15) is 27.7 Å². The maximum Gasteiger partial charge on any atom is 0.295 e. The van der Waals surface area contributed by atoms with Gasteiger partial charge in [-0.1, -0.05) is 35.9 Å². The summed E-state index contributed by atoms with van der Waals surface area (Å²) in [7, 11) is 0. The lowest BCUT2D eigenvalue weighted by Gasteiger charge is -2.25. The van der Waals surface area contributed by atoms with Crippen LogP contribution in [0.5, 0.6) is 0 Å². The number of nitrogens with zero attached hydrogens (tertiary/aromatic N) is 2. The van der Waals surface area contributed by atoms with Gasteiger partial charge < -0.3 is 9.52 Å². The van der Waals surface area contributed by atoms with E-state index in [-0.39, 0.29) is 11.3 Å². The first kappa shape index (κ1) is 16.8. The number of carbonyl (C=O) groups excluding carboxylic acids is 2. The van der Waals surface area contributed by atoms with Gasteiger partial charge in [-0.05, 0) is 36.8 Å². The van der Waals surface area contributed by atoms with Crippen molar-refractivity contribution >= 4 is 17.5 Å². The SMILES string of the molecule is Cc1ccc(C2C(C(=O)c3ccco3)=C(O)C(=O)N2c2ccccn2)cc1. The topological polar surface area (TPSA) is 83.6 Å². The number of carbonyl (C=O) groups is 2. The zero-order chi connectivity index (χ0) is 19.0. The van der Waals surface area contributed by atoms with E-state index in [0.29, 0.717) is 11.4 Å². The number of benzene rings is 1. The summed E-state index contributed by atoms with van der Waals surface area (Å²) in [6.45, 7) is 1.95. The number of aromatic nitrogens is 1. The van der Waals surface area contributed by atoms with E-state index in [0.717, 1.165) is 5.56 Å². The molecule has 0 saturated carbocycles. The minimum absolute atomic E-state index is 0.0237. The number of Topliss-reactive ketones (excluding diaryl/α,β-unsaturated/α-hetero) is 1. The first-order valence-electron chi connectivity index (χ1n) is 8.40. The van der Waals surface area contributed by atoms with Gasteiger partial charge >= 0.3 is 0 Å². The molecule has 1 aromatic carbocycles. The molecular formula is C21H16N2O4. The van der Waals surface area contributed by atoms with Crippen LogP contribution >= 0.6 is 0 Å². The van der Waals surface area contributed by atoms with Crippen LogP contribution in [-0.2, 0) is 4.79 Å². The molecule has 1 N–H and O–H groups in total. The molecule has 27 heavy (non-hydrogen) atoms. The summed E-state index contributed by atoms with van der Waals surface area (Å²) in [5, 5.41) is 10.5. The van der Waals surface area contributed by atoms with Crippen LogP contribution in [0.3, 0.4) is 0 Å². The summed E-state index contributed by atoms with van der Waals surface area (Å²) in [4.78, 5) is 31.4. The van der Waals surface area contributed by atoms with Crippen molar-refractivity contribution in [2.24, 2.45) is 0 Å². The molecule has 134 valence electrons. The average molecular weight is 360 g/mol. The summed E-state index contributed by atoms with van der Waals surface area (Å²) in [6, 6.07) is 14.9. The Morgan fingerprint density at radius 2 is 1.89 bits per heavy atom. The summed E-state index contributed by atoms with van der Waals surface area (Å²) >= 11 is 0. The predicted molar refractivity (Wildman–Crippen MR) is 98.3 cm³/mol. The van der Waals surface area contributed by atoms with Gasteiger partial charge in [0, 0.05) is 6.20 Å². The number of rotatable bonds is 4. The number of furan rings is 1. The van der Waals surface area contributed by atoms with Crippen molar-refractivity contribution in [3.63, 3.8) is 0 Å². The minimum atomic E-state index is -0.800. The molecule has 2 aromatic heterocycles. The van der Waals surface area contributed by atoms with Crippen molar-refractivity contribution in [3.8, 4) is 0 Å². The molecule has 1 aliphatic heterocycles. The fourth-order valence-corrected chi connectivity index (χ4v) is 3.17. The predicted octanol–water partition coefficient (Wildman–Crippen LogP) is 3.77. The van der Waals surface area contributed by atoms with Crippen molar-refractivity contribution in [2.45, 2.75) is 13.0 Å². The Bertz CT molecular complexity index is 1020. The van der Waals surface area contributed by atoms with Gasteiger partial charge in [-0.25, -0.2) is 4.98 Å². The summed E-state index contributed by atoms with van der Waals surface area (Å²) in [5.41, 5.74) is 1.71. The molecule has 6 nitrogen and oxygen atoms in total.